The van der Waals surface area contributed by atoms with Gasteiger partial charge in [-0.3, -0.25) is 0 Å². The molecular weight excluding hydrogens is 309 g/mol. The van der Waals surface area contributed by atoms with E-state index in [1.165, 1.54) is 0 Å². The summed E-state index contributed by atoms with van der Waals surface area (Å²) in [7, 11) is 0. The van der Waals surface area contributed by atoms with E-state index in [2.05, 4.69) is 9.97 Å². The zero-order chi connectivity index (χ0) is 14.8. The standard InChI is InChI=1S/C15H15Cl2N3O/c16-12-3-1-2-11(14(12)17)13-7-10(19-15(18)20-13)6-9-4-5-21-8-9/h1-3,7,9H,4-6,8H2,(H2,18,19,20). The van der Waals surface area contributed by atoms with E-state index in [0.717, 1.165) is 37.3 Å². The third kappa shape index (κ3) is 3.28. The second-order valence-electron chi connectivity index (χ2n) is 5.14. The van der Waals surface area contributed by atoms with Crippen molar-refractivity contribution in [2.75, 3.05) is 18.9 Å². The Balaban J connectivity index is 1.95. The minimum absolute atomic E-state index is 0.248. The van der Waals surface area contributed by atoms with E-state index in [-0.39, 0.29) is 5.95 Å². The molecule has 2 aromatic rings. The zero-order valence-electron chi connectivity index (χ0n) is 11.4. The van der Waals surface area contributed by atoms with Crippen LogP contribution >= 0.6 is 23.2 Å². The summed E-state index contributed by atoms with van der Waals surface area (Å²) in [6.07, 6.45) is 1.88. The van der Waals surface area contributed by atoms with Gasteiger partial charge in [0.2, 0.25) is 5.95 Å². The van der Waals surface area contributed by atoms with Crippen LogP contribution in [0.2, 0.25) is 10.0 Å². The normalized spacial score (nSPS) is 18.1. The first-order chi connectivity index (χ1) is 10.1. The molecule has 3 rings (SSSR count). The molecule has 1 fully saturated rings. The fraction of sp³-hybridized carbons (Fsp3) is 0.333. The second-order valence-corrected chi connectivity index (χ2v) is 5.92. The quantitative estimate of drug-likeness (QED) is 0.937. The average Bonchev–Trinajstić information content (AvgIpc) is 2.94. The molecule has 1 aliphatic rings. The van der Waals surface area contributed by atoms with E-state index in [4.69, 9.17) is 33.7 Å². The highest BCUT2D eigenvalue weighted by atomic mass is 35.5. The molecule has 1 aliphatic heterocycles. The number of rotatable bonds is 3. The van der Waals surface area contributed by atoms with Gasteiger partial charge in [0.15, 0.2) is 0 Å². The third-order valence-corrected chi connectivity index (χ3v) is 4.36. The topological polar surface area (TPSA) is 61.0 Å². The molecule has 6 heteroatoms. The number of nitrogen functional groups attached to an aromatic ring is 1. The Morgan fingerprint density at radius 2 is 2.14 bits per heavy atom. The lowest BCUT2D eigenvalue weighted by atomic mass is 10.0. The van der Waals surface area contributed by atoms with E-state index in [9.17, 15) is 0 Å². The number of ether oxygens (including phenoxy) is 1. The van der Waals surface area contributed by atoms with Crippen molar-refractivity contribution in [3.05, 3.63) is 40.0 Å². The van der Waals surface area contributed by atoms with Crippen LogP contribution in [-0.2, 0) is 11.2 Å². The molecule has 0 spiro atoms. The van der Waals surface area contributed by atoms with Crippen LogP contribution < -0.4 is 5.73 Å². The van der Waals surface area contributed by atoms with E-state index in [0.29, 0.717) is 21.7 Å². The van der Waals surface area contributed by atoms with Crippen molar-refractivity contribution in [3.8, 4) is 11.3 Å². The molecule has 4 nitrogen and oxygen atoms in total. The van der Waals surface area contributed by atoms with Gasteiger partial charge in [-0.25, -0.2) is 9.97 Å². The molecule has 21 heavy (non-hydrogen) atoms. The Morgan fingerprint density at radius 1 is 1.29 bits per heavy atom. The number of anilines is 1. The number of aromatic nitrogens is 2. The van der Waals surface area contributed by atoms with Crippen LogP contribution in [0.5, 0.6) is 0 Å². The molecule has 0 bridgehead atoms. The first kappa shape index (κ1) is 14.6. The van der Waals surface area contributed by atoms with Crippen LogP contribution in [-0.4, -0.2) is 23.2 Å². The largest absolute Gasteiger partial charge is 0.381 e. The van der Waals surface area contributed by atoms with E-state index < -0.39 is 0 Å². The molecule has 110 valence electrons. The highest BCUT2D eigenvalue weighted by Crippen LogP contribution is 2.33. The van der Waals surface area contributed by atoms with Crippen molar-refractivity contribution in [1.82, 2.24) is 9.97 Å². The minimum atomic E-state index is 0.248. The zero-order valence-corrected chi connectivity index (χ0v) is 12.9. The van der Waals surface area contributed by atoms with Gasteiger partial charge in [0, 0.05) is 24.5 Å². The predicted molar refractivity (Wildman–Crippen MR) is 84.5 cm³/mol. The number of nitrogens with zero attached hydrogens (tertiary/aromatic N) is 2. The summed E-state index contributed by atoms with van der Waals surface area (Å²) in [5.41, 5.74) is 8.20. The summed E-state index contributed by atoms with van der Waals surface area (Å²) in [5.74, 6) is 0.736. The van der Waals surface area contributed by atoms with Crippen LogP contribution in [0, 0.1) is 5.92 Å². The Hall–Kier alpha value is -1.36. The molecule has 1 unspecified atom stereocenters. The molecule has 0 aliphatic carbocycles. The van der Waals surface area contributed by atoms with Crippen LogP contribution in [0.15, 0.2) is 24.3 Å². The Bertz CT molecular complexity index is 657. The van der Waals surface area contributed by atoms with Crippen molar-refractivity contribution >= 4 is 29.2 Å². The Morgan fingerprint density at radius 3 is 2.90 bits per heavy atom. The fourth-order valence-electron chi connectivity index (χ4n) is 2.50. The summed E-state index contributed by atoms with van der Waals surface area (Å²) in [6.45, 7) is 1.59. The molecule has 2 heterocycles. The molecule has 0 saturated carbocycles. The summed E-state index contributed by atoms with van der Waals surface area (Å²) in [6, 6.07) is 7.38. The van der Waals surface area contributed by atoms with Crippen molar-refractivity contribution in [3.63, 3.8) is 0 Å². The van der Waals surface area contributed by atoms with Crippen molar-refractivity contribution in [2.45, 2.75) is 12.8 Å². The van der Waals surface area contributed by atoms with Gasteiger partial charge in [-0.15, -0.1) is 0 Å². The summed E-state index contributed by atoms with van der Waals surface area (Å²) in [4.78, 5) is 8.58. The maximum absolute atomic E-state index is 6.25. The van der Waals surface area contributed by atoms with Crippen molar-refractivity contribution in [1.29, 1.82) is 0 Å². The molecule has 1 saturated heterocycles. The SMILES string of the molecule is Nc1nc(CC2CCOC2)cc(-c2cccc(Cl)c2Cl)n1. The molecule has 1 aromatic heterocycles. The van der Waals surface area contributed by atoms with Crippen molar-refractivity contribution in [2.24, 2.45) is 5.92 Å². The number of nitrogens with two attached hydrogens (primary N) is 1. The van der Waals surface area contributed by atoms with Crippen LogP contribution in [0.1, 0.15) is 12.1 Å². The number of hydrogen-bond donors (Lipinski definition) is 1. The predicted octanol–water partition coefficient (Wildman–Crippen LogP) is 3.61. The molecule has 1 atom stereocenters. The summed E-state index contributed by atoms with van der Waals surface area (Å²) >= 11 is 12.3. The van der Waals surface area contributed by atoms with Gasteiger partial charge in [-0.2, -0.15) is 0 Å². The Labute approximate surface area is 133 Å². The van der Waals surface area contributed by atoms with Gasteiger partial charge in [0.1, 0.15) is 0 Å². The molecule has 2 N–H and O–H groups in total. The highest BCUT2D eigenvalue weighted by molar-refractivity contribution is 6.43. The van der Waals surface area contributed by atoms with E-state index in [1.54, 1.807) is 6.07 Å². The van der Waals surface area contributed by atoms with Gasteiger partial charge in [-0.1, -0.05) is 35.3 Å². The maximum atomic E-state index is 6.25. The summed E-state index contributed by atoms with van der Waals surface area (Å²) in [5, 5.41) is 0.976. The molecular formula is C15H15Cl2N3O. The van der Waals surface area contributed by atoms with Gasteiger partial charge in [-0.05, 0) is 30.9 Å². The first-order valence-electron chi connectivity index (χ1n) is 6.79. The lowest BCUT2D eigenvalue weighted by Crippen LogP contribution is -2.08. The van der Waals surface area contributed by atoms with E-state index in [1.807, 2.05) is 18.2 Å². The van der Waals surface area contributed by atoms with Crippen LogP contribution in [0.4, 0.5) is 5.95 Å². The molecule has 1 aromatic carbocycles. The van der Waals surface area contributed by atoms with E-state index >= 15 is 0 Å². The van der Waals surface area contributed by atoms with Gasteiger partial charge in [0.25, 0.3) is 0 Å². The monoisotopic (exact) mass is 323 g/mol. The van der Waals surface area contributed by atoms with Gasteiger partial charge in [0.05, 0.1) is 15.7 Å². The van der Waals surface area contributed by atoms with Gasteiger partial charge >= 0.3 is 0 Å². The summed E-state index contributed by atoms with van der Waals surface area (Å²) < 4.78 is 5.40. The lowest BCUT2D eigenvalue weighted by Gasteiger charge is -2.10. The number of benzene rings is 1. The fourth-order valence-corrected chi connectivity index (χ4v) is 2.90. The first-order valence-corrected chi connectivity index (χ1v) is 7.54. The van der Waals surface area contributed by atoms with Crippen LogP contribution in [0.25, 0.3) is 11.3 Å². The van der Waals surface area contributed by atoms with Gasteiger partial charge < -0.3 is 10.5 Å². The van der Waals surface area contributed by atoms with Crippen molar-refractivity contribution < 1.29 is 4.74 Å². The average molecular weight is 324 g/mol. The lowest BCUT2D eigenvalue weighted by molar-refractivity contribution is 0.185. The second kappa shape index (κ2) is 6.18. The number of hydrogen-bond acceptors (Lipinski definition) is 4. The molecule has 0 radical (unpaired) electrons. The smallest absolute Gasteiger partial charge is 0.220 e. The maximum Gasteiger partial charge on any atom is 0.220 e. The Kier molecular flexibility index (Phi) is 4.29. The molecule has 0 amide bonds. The van der Waals surface area contributed by atoms with Crippen LogP contribution in [0.3, 0.4) is 0 Å². The third-order valence-electron chi connectivity index (χ3n) is 3.55. The number of halogens is 2. The minimum Gasteiger partial charge on any atom is -0.381 e. The highest BCUT2D eigenvalue weighted by Gasteiger charge is 2.18.